The van der Waals surface area contributed by atoms with Gasteiger partial charge in [0.2, 0.25) is 17.8 Å². The van der Waals surface area contributed by atoms with Crippen molar-refractivity contribution < 1.29 is 9.53 Å². The molecule has 0 aliphatic rings. The Morgan fingerprint density at radius 2 is 1.80 bits per heavy atom. The third kappa shape index (κ3) is 5.68. The zero-order chi connectivity index (χ0) is 15.1. The molecule has 1 aromatic rings. The van der Waals surface area contributed by atoms with Crippen LogP contribution in [0.25, 0.3) is 0 Å². The monoisotopic (exact) mass is 282 g/mol. The Morgan fingerprint density at radius 1 is 1.15 bits per heavy atom. The third-order valence-electron chi connectivity index (χ3n) is 2.04. The fraction of sp³-hybridized carbons (Fsp3) is 0.667. The molecule has 0 saturated heterocycles. The van der Waals surface area contributed by atoms with E-state index < -0.39 is 0 Å². The van der Waals surface area contributed by atoms with Gasteiger partial charge >= 0.3 is 6.01 Å². The number of aromatic nitrogens is 3. The molecule has 8 nitrogen and oxygen atoms in total. The van der Waals surface area contributed by atoms with Gasteiger partial charge in [0.15, 0.2) is 0 Å². The lowest BCUT2D eigenvalue weighted by Crippen LogP contribution is -2.35. The topological polar surface area (TPSA) is 101 Å². The van der Waals surface area contributed by atoms with Crippen LogP contribution in [0.1, 0.15) is 27.7 Å². The van der Waals surface area contributed by atoms with Gasteiger partial charge in [-0.15, -0.1) is 0 Å². The van der Waals surface area contributed by atoms with Gasteiger partial charge in [-0.05, 0) is 27.7 Å². The van der Waals surface area contributed by atoms with E-state index in [1.807, 2.05) is 27.7 Å². The third-order valence-corrected chi connectivity index (χ3v) is 2.04. The summed E-state index contributed by atoms with van der Waals surface area (Å²) in [6, 6.07) is 0.307. The molecule has 0 saturated carbocycles. The van der Waals surface area contributed by atoms with Gasteiger partial charge in [-0.3, -0.25) is 4.79 Å². The predicted octanol–water partition coefficient (Wildman–Crippen LogP) is 0.637. The summed E-state index contributed by atoms with van der Waals surface area (Å²) in [7, 11) is 1.70. The molecule has 1 amide bonds. The van der Waals surface area contributed by atoms with Crippen molar-refractivity contribution in [2.24, 2.45) is 0 Å². The van der Waals surface area contributed by atoms with Gasteiger partial charge in [0.05, 0.1) is 12.6 Å². The van der Waals surface area contributed by atoms with E-state index in [-0.39, 0.29) is 30.6 Å². The number of amides is 1. The lowest BCUT2D eigenvalue weighted by atomic mass is 10.4. The molecular formula is C12H22N6O2. The number of rotatable bonds is 7. The summed E-state index contributed by atoms with van der Waals surface area (Å²) in [5, 5.41) is 8.43. The van der Waals surface area contributed by atoms with Crippen LogP contribution in [0.15, 0.2) is 0 Å². The Kier molecular flexibility index (Phi) is 5.95. The average Bonchev–Trinajstić information content (AvgIpc) is 2.34. The van der Waals surface area contributed by atoms with E-state index in [1.54, 1.807) is 7.05 Å². The highest BCUT2D eigenvalue weighted by Crippen LogP contribution is 2.11. The summed E-state index contributed by atoms with van der Waals surface area (Å²) in [6.45, 7) is 7.65. The SMILES string of the molecule is CNc1nc(NCC(=O)NC(C)C)nc(OC(C)C)n1. The largest absolute Gasteiger partial charge is 0.461 e. The molecule has 0 atom stereocenters. The first-order valence-electron chi connectivity index (χ1n) is 6.54. The molecule has 1 rings (SSSR count). The molecule has 0 bridgehead atoms. The van der Waals surface area contributed by atoms with Crippen LogP contribution in [-0.2, 0) is 4.79 Å². The molecule has 8 heteroatoms. The first-order valence-corrected chi connectivity index (χ1v) is 6.54. The second kappa shape index (κ2) is 7.46. The van der Waals surface area contributed by atoms with Crippen molar-refractivity contribution in [2.45, 2.75) is 39.8 Å². The lowest BCUT2D eigenvalue weighted by Gasteiger charge is -2.12. The first kappa shape index (κ1) is 15.9. The van der Waals surface area contributed by atoms with E-state index in [4.69, 9.17) is 4.74 Å². The summed E-state index contributed by atoms with van der Waals surface area (Å²) in [4.78, 5) is 23.8. The van der Waals surface area contributed by atoms with Crippen LogP contribution in [0, 0.1) is 0 Å². The van der Waals surface area contributed by atoms with Gasteiger partial charge in [-0.2, -0.15) is 15.0 Å². The normalized spacial score (nSPS) is 10.6. The zero-order valence-electron chi connectivity index (χ0n) is 12.5. The Hall–Kier alpha value is -2.12. The van der Waals surface area contributed by atoms with Gasteiger partial charge in [0.1, 0.15) is 0 Å². The number of nitrogens with one attached hydrogen (secondary N) is 3. The summed E-state index contributed by atoms with van der Waals surface area (Å²) >= 11 is 0. The van der Waals surface area contributed by atoms with Crippen molar-refractivity contribution in [2.75, 3.05) is 24.2 Å². The van der Waals surface area contributed by atoms with Gasteiger partial charge in [-0.1, -0.05) is 0 Å². The number of carbonyl (C=O) groups excluding carboxylic acids is 1. The second-order valence-corrected chi connectivity index (χ2v) is 4.76. The number of hydrogen-bond acceptors (Lipinski definition) is 7. The molecule has 112 valence electrons. The molecule has 20 heavy (non-hydrogen) atoms. The van der Waals surface area contributed by atoms with Crippen molar-refractivity contribution in [1.82, 2.24) is 20.3 Å². The van der Waals surface area contributed by atoms with E-state index in [2.05, 4.69) is 30.9 Å². The van der Waals surface area contributed by atoms with Crippen LogP contribution in [0.3, 0.4) is 0 Å². The summed E-state index contributed by atoms with van der Waals surface area (Å²) in [5.74, 6) is 0.541. The van der Waals surface area contributed by atoms with Crippen molar-refractivity contribution >= 4 is 17.8 Å². The highest BCUT2D eigenvalue weighted by atomic mass is 16.5. The van der Waals surface area contributed by atoms with Gasteiger partial charge < -0.3 is 20.7 Å². The maximum Gasteiger partial charge on any atom is 0.323 e. The molecular weight excluding hydrogens is 260 g/mol. The molecule has 3 N–H and O–H groups in total. The summed E-state index contributed by atoms with van der Waals surface area (Å²) in [6.07, 6.45) is -0.0424. The fourth-order valence-corrected chi connectivity index (χ4v) is 1.34. The molecule has 0 radical (unpaired) electrons. The average molecular weight is 282 g/mol. The quantitative estimate of drug-likeness (QED) is 0.674. The van der Waals surface area contributed by atoms with Crippen molar-refractivity contribution in [1.29, 1.82) is 0 Å². The molecule has 0 aliphatic heterocycles. The minimum atomic E-state index is -0.127. The number of hydrogen-bond donors (Lipinski definition) is 3. The van der Waals surface area contributed by atoms with Crippen molar-refractivity contribution in [3.63, 3.8) is 0 Å². The Morgan fingerprint density at radius 3 is 2.35 bits per heavy atom. The van der Waals surface area contributed by atoms with E-state index in [9.17, 15) is 4.79 Å². The minimum absolute atomic E-state index is 0.0424. The summed E-state index contributed by atoms with van der Waals surface area (Å²) in [5.41, 5.74) is 0. The maximum atomic E-state index is 11.6. The lowest BCUT2D eigenvalue weighted by molar-refractivity contribution is -0.119. The van der Waals surface area contributed by atoms with Crippen LogP contribution >= 0.6 is 0 Å². The predicted molar refractivity (Wildman–Crippen MR) is 76.9 cm³/mol. The molecule has 0 unspecified atom stereocenters. The molecule has 0 aliphatic carbocycles. The van der Waals surface area contributed by atoms with Gasteiger partial charge in [0.25, 0.3) is 0 Å². The zero-order valence-corrected chi connectivity index (χ0v) is 12.5. The number of nitrogens with zero attached hydrogens (tertiary/aromatic N) is 3. The highest BCUT2D eigenvalue weighted by molar-refractivity contribution is 5.80. The van der Waals surface area contributed by atoms with E-state index in [1.165, 1.54) is 0 Å². The van der Waals surface area contributed by atoms with Crippen LogP contribution in [0.5, 0.6) is 6.01 Å². The maximum absolute atomic E-state index is 11.6. The van der Waals surface area contributed by atoms with Crippen molar-refractivity contribution in [3.05, 3.63) is 0 Å². The molecule has 0 fully saturated rings. The van der Waals surface area contributed by atoms with E-state index >= 15 is 0 Å². The second-order valence-electron chi connectivity index (χ2n) is 4.76. The van der Waals surface area contributed by atoms with Gasteiger partial charge in [0, 0.05) is 13.1 Å². The number of carbonyl (C=O) groups is 1. The van der Waals surface area contributed by atoms with Crippen LogP contribution in [0.2, 0.25) is 0 Å². The molecule has 0 aromatic carbocycles. The summed E-state index contributed by atoms with van der Waals surface area (Å²) < 4.78 is 5.43. The Bertz CT molecular complexity index is 450. The fourth-order valence-electron chi connectivity index (χ4n) is 1.34. The number of anilines is 2. The smallest absolute Gasteiger partial charge is 0.323 e. The van der Waals surface area contributed by atoms with E-state index in [0.29, 0.717) is 11.9 Å². The molecule has 1 aromatic heterocycles. The standard InChI is InChI=1S/C12H22N6O2/c1-7(2)15-9(19)6-14-11-16-10(13-5)17-12(18-11)20-8(3)4/h7-8H,6H2,1-5H3,(H,15,19)(H2,13,14,16,17,18). The molecule has 1 heterocycles. The van der Waals surface area contributed by atoms with Gasteiger partial charge in [-0.25, -0.2) is 0 Å². The van der Waals surface area contributed by atoms with E-state index in [0.717, 1.165) is 0 Å². The number of ether oxygens (including phenoxy) is 1. The van der Waals surface area contributed by atoms with Crippen LogP contribution in [0.4, 0.5) is 11.9 Å². The minimum Gasteiger partial charge on any atom is -0.461 e. The van der Waals surface area contributed by atoms with Crippen LogP contribution in [-0.4, -0.2) is 46.6 Å². The molecule has 0 spiro atoms. The van der Waals surface area contributed by atoms with Crippen molar-refractivity contribution in [3.8, 4) is 6.01 Å². The Balaban J connectivity index is 2.71. The van der Waals surface area contributed by atoms with Crippen LogP contribution < -0.4 is 20.7 Å². The first-order chi connectivity index (χ1) is 9.40. The highest BCUT2D eigenvalue weighted by Gasteiger charge is 2.09. The Labute approximate surface area is 118 Å².